The van der Waals surface area contributed by atoms with Gasteiger partial charge < -0.3 is 9.88 Å². The first-order chi connectivity index (χ1) is 13.4. The van der Waals surface area contributed by atoms with Gasteiger partial charge in [-0.05, 0) is 49.8 Å². The van der Waals surface area contributed by atoms with Gasteiger partial charge >= 0.3 is 6.18 Å². The van der Waals surface area contributed by atoms with Crippen LogP contribution in [0.15, 0.2) is 48.5 Å². The Morgan fingerprint density at radius 3 is 2.68 bits per heavy atom. The molecule has 148 valence electrons. The molecule has 2 aromatic carbocycles. The van der Waals surface area contributed by atoms with Crippen LogP contribution in [-0.2, 0) is 17.5 Å². The normalized spacial score (nSPS) is 11.7. The van der Waals surface area contributed by atoms with Crippen molar-refractivity contribution in [2.24, 2.45) is 0 Å². The highest BCUT2D eigenvalue weighted by atomic mass is 19.4. The Morgan fingerprint density at radius 1 is 1.14 bits per heavy atom. The van der Waals surface area contributed by atoms with Crippen molar-refractivity contribution in [3.8, 4) is 0 Å². The predicted molar refractivity (Wildman–Crippen MR) is 102 cm³/mol. The van der Waals surface area contributed by atoms with E-state index in [1.165, 1.54) is 6.07 Å². The monoisotopic (exact) mass is 390 g/mol. The molecule has 0 bridgehead atoms. The third-order valence-electron chi connectivity index (χ3n) is 4.33. The summed E-state index contributed by atoms with van der Waals surface area (Å²) >= 11 is 0. The van der Waals surface area contributed by atoms with Gasteiger partial charge in [-0.1, -0.05) is 24.3 Å². The Balaban J connectivity index is 1.90. The van der Waals surface area contributed by atoms with Gasteiger partial charge in [-0.15, -0.1) is 0 Å². The minimum atomic E-state index is -4.41. The maximum Gasteiger partial charge on any atom is 0.416 e. The number of para-hydroxylation sites is 2. The summed E-state index contributed by atoms with van der Waals surface area (Å²) in [5, 5.41) is 5.76. The number of halogens is 3. The lowest BCUT2D eigenvalue weighted by Gasteiger charge is -2.12. The molecule has 5 nitrogen and oxygen atoms in total. The third-order valence-corrected chi connectivity index (χ3v) is 4.33. The average Bonchev–Trinajstić information content (AvgIpc) is 2.99. The molecule has 28 heavy (non-hydrogen) atoms. The molecule has 0 aliphatic carbocycles. The van der Waals surface area contributed by atoms with Gasteiger partial charge in [-0.2, -0.15) is 13.2 Å². The van der Waals surface area contributed by atoms with Gasteiger partial charge in [0.05, 0.1) is 23.1 Å². The van der Waals surface area contributed by atoms with E-state index in [0.29, 0.717) is 36.4 Å². The number of amides is 1. The zero-order valence-electron chi connectivity index (χ0n) is 15.4. The summed E-state index contributed by atoms with van der Waals surface area (Å²) in [4.78, 5) is 16.7. The summed E-state index contributed by atoms with van der Waals surface area (Å²) < 4.78 is 40.8. The van der Waals surface area contributed by atoms with Crippen molar-refractivity contribution in [2.45, 2.75) is 25.6 Å². The van der Waals surface area contributed by atoms with E-state index in [9.17, 15) is 18.0 Å². The fourth-order valence-electron chi connectivity index (χ4n) is 2.97. The lowest BCUT2D eigenvalue weighted by molar-refractivity contribution is -0.137. The second-order valence-corrected chi connectivity index (χ2v) is 6.46. The molecular formula is C20H21F3N4O. The Hall–Kier alpha value is -2.87. The summed E-state index contributed by atoms with van der Waals surface area (Å²) in [6, 6.07) is 12.4. The lowest BCUT2D eigenvalue weighted by Crippen LogP contribution is -2.18. The van der Waals surface area contributed by atoms with Crippen LogP contribution in [0.5, 0.6) is 0 Å². The minimum Gasteiger partial charge on any atom is -0.320 e. The van der Waals surface area contributed by atoms with E-state index >= 15 is 0 Å². The van der Waals surface area contributed by atoms with E-state index in [4.69, 9.17) is 0 Å². The van der Waals surface area contributed by atoms with Crippen molar-refractivity contribution in [3.05, 3.63) is 59.7 Å². The molecule has 0 spiro atoms. The molecule has 3 aromatic rings. The second-order valence-electron chi connectivity index (χ2n) is 6.46. The van der Waals surface area contributed by atoms with Gasteiger partial charge in [0, 0.05) is 6.42 Å². The summed E-state index contributed by atoms with van der Waals surface area (Å²) in [6.07, 6.45) is -3.40. The Kier molecular flexibility index (Phi) is 5.99. The zero-order valence-corrected chi connectivity index (χ0v) is 15.4. The maximum absolute atomic E-state index is 13.0. The molecule has 0 aliphatic heterocycles. The number of carbonyl (C=O) groups is 1. The van der Waals surface area contributed by atoms with Crippen molar-refractivity contribution in [1.29, 1.82) is 0 Å². The molecule has 8 heteroatoms. The van der Waals surface area contributed by atoms with Crippen LogP contribution in [0.4, 0.5) is 19.1 Å². The fraction of sp³-hybridized carbons (Fsp3) is 0.300. The predicted octanol–water partition coefficient (Wildman–Crippen LogP) is 4.04. The van der Waals surface area contributed by atoms with Gasteiger partial charge in [0.2, 0.25) is 11.9 Å². The van der Waals surface area contributed by atoms with Crippen LogP contribution in [-0.4, -0.2) is 29.1 Å². The molecule has 0 fully saturated rings. The van der Waals surface area contributed by atoms with Crippen LogP contribution < -0.4 is 10.6 Å². The standard InChI is InChI=1S/C20H21F3N4O/c1-24-11-5-10-18(28)26-19-25-16-8-2-3-9-17(16)27(19)13-14-6-4-7-15(12-14)20(21,22)23/h2-4,6-9,12,24H,5,10-11,13H2,1H3,(H,25,26,28). The number of hydrogen-bond acceptors (Lipinski definition) is 3. The van der Waals surface area contributed by atoms with Crippen LogP contribution in [0, 0.1) is 0 Å². The summed E-state index contributed by atoms with van der Waals surface area (Å²) in [5.41, 5.74) is 1.18. The first kappa shape index (κ1) is 19.9. The van der Waals surface area contributed by atoms with Gasteiger partial charge in [-0.25, -0.2) is 4.98 Å². The van der Waals surface area contributed by atoms with E-state index in [1.54, 1.807) is 16.7 Å². The number of nitrogens with one attached hydrogen (secondary N) is 2. The van der Waals surface area contributed by atoms with Crippen LogP contribution in [0.2, 0.25) is 0 Å². The molecule has 0 atom stereocenters. The first-order valence-electron chi connectivity index (χ1n) is 8.94. The number of hydrogen-bond donors (Lipinski definition) is 2. The van der Waals surface area contributed by atoms with Gasteiger partial charge in [0.15, 0.2) is 0 Å². The topological polar surface area (TPSA) is 59.0 Å². The first-order valence-corrected chi connectivity index (χ1v) is 8.94. The molecular weight excluding hydrogens is 369 g/mol. The summed E-state index contributed by atoms with van der Waals surface area (Å²) in [7, 11) is 1.81. The zero-order chi connectivity index (χ0) is 20.1. The summed E-state index contributed by atoms with van der Waals surface area (Å²) in [6.45, 7) is 0.880. The quantitative estimate of drug-likeness (QED) is 0.599. The molecule has 1 amide bonds. The van der Waals surface area contributed by atoms with Gasteiger partial charge in [0.1, 0.15) is 0 Å². The Morgan fingerprint density at radius 2 is 1.93 bits per heavy atom. The van der Waals surface area contributed by atoms with Gasteiger partial charge in [-0.3, -0.25) is 10.1 Å². The van der Waals surface area contributed by atoms with Crippen LogP contribution in [0.3, 0.4) is 0 Å². The van der Waals surface area contributed by atoms with E-state index in [2.05, 4.69) is 15.6 Å². The van der Waals surface area contributed by atoms with Crippen LogP contribution in [0.25, 0.3) is 11.0 Å². The van der Waals surface area contributed by atoms with Crippen molar-refractivity contribution in [1.82, 2.24) is 14.9 Å². The Labute approximate surface area is 160 Å². The molecule has 1 heterocycles. The highest BCUT2D eigenvalue weighted by molar-refractivity contribution is 5.91. The largest absolute Gasteiger partial charge is 0.416 e. The number of carbonyl (C=O) groups excluding carboxylic acids is 1. The molecule has 0 saturated carbocycles. The number of aromatic nitrogens is 2. The molecule has 0 unspecified atom stereocenters. The average molecular weight is 390 g/mol. The number of imidazole rings is 1. The van der Waals surface area contributed by atoms with E-state index in [1.807, 2.05) is 25.2 Å². The van der Waals surface area contributed by atoms with E-state index < -0.39 is 11.7 Å². The maximum atomic E-state index is 13.0. The summed E-state index contributed by atoms with van der Waals surface area (Å²) in [5.74, 6) is 0.143. The number of benzene rings is 2. The molecule has 0 saturated heterocycles. The highest BCUT2D eigenvalue weighted by Crippen LogP contribution is 2.30. The molecule has 3 rings (SSSR count). The second kappa shape index (κ2) is 8.43. The number of anilines is 1. The molecule has 1 aromatic heterocycles. The van der Waals surface area contributed by atoms with Crippen molar-refractivity contribution >= 4 is 22.9 Å². The fourth-order valence-corrected chi connectivity index (χ4v) is 2.97. The highest BCUT2D eigenvalue weighted by Gasteiger charge is 2.30. The smallest absolute Gasteiger partial charge is 0.320 e. The number of alkyl halides is 3. The van der Waals surface area contributed by atoms with Crippen molar-refractivity contribution in [3.63, 3.8) is 0 Å². The lowest BCUT2D eigenvalue weighted by atomic mass is 10.1. The van der Waals surface area contributed by atoms with Crippen molar-refractivity contribution in [2.75, 3.05) is 18.9 Å². The minimum absolute atomic E-state index is 0.163. The van der Waals surface area contributed by atoms with E-state index in [0.717, 1.165) is 17.6 Å². The SMILES string of the molecule is CNCCCC(=O)Nc1nc2ccccc2n1Cc1cccc(C(F)(F)F)c1. The molecule has 0 radical (unpaired) electrons. The number of nitrogens with zero attached hydrogens (tertiary/aromatic N) is 2. The van der Waals surface area contributed by atoms with Crippen LogP contribution >= 0.6 is 0 Å². The van der Waals surface area contributed by atoms with Crippen LogP contribution in [0.1, 0.15) is 24.0 Å². The number of rotatable bonds is 7. The van der Waals surface area contributed by atoms with Crippen molar-refractivity contribution < 1.29 is 18.0 Å². The Bertz CT molecular complexity index is 965. The molecule has 0 aliphatic rings. The third kappa shape index (κ3) is 4.69. The van der Waals surface area contributed by atoms with Gasteiger partial charge in [0.25, 0.3) is 0 Å². The van der Waals surface area contributed by atoms with E-state index in [-0.39, 0.29) is 12.5 Å². The number of fused-ring (bicyclic) bond motifs is 1. The molecule has 2 N–H and O–H groups in total.